The molecule has 35 heteroatoms. The first-order valence-corrected chi connectivity index (χ1v) is 24.6. The van der Waals surface area contributed by atoms with Gasteiger partial charge >= 0.3 is 0 Å². The summed E-state index contributed by atoms with van der Waals surface area (Å²) in [5.74, 6) is 0. The van der Waals surface area contributed by atoms with Crippen molar-refractivity contribution in [1.29, 1.82) is 0 Å². The molecule has 21 aliphatic heterocycles. The molecule has 21 aliphatic rings. The Morgan fingerprint density at radius 1 is 0.156 bits per heavy atom. The molecule has 448 valence electrons. The summed E-state index contributed by atoms with van der Waals surface area (Å²) in [4.78, 5) is 0. The Kier molecular flexibility index (Phi) is 20.8. The molecule has 0 amide bonds. The topological polar surface area (TPSA) is 554 Å². The molecular weight excluding hydrogens is 1060 g/mol. The highest BCUT2D eigenvalue weighted by Crippen LogP contribution is 2.39. The van der Waals surface area contributed by atoms with Crippen molar-refractivity contribution in [2.75, 3.05) is 46.2 Å². The average Bonchev–Trinajstić information content (AvgIpc) is 3.45. The lowest BCUT2D eigenvalue weighted by Crippen LogP contribution is -2.68. The van der Waals surface area contributed by atoms with Crippen LogP contribution in [0.4, 0.5) is 0 Å². The zero-order chi connectivity index (χ0) is 56.1. The van der Waals surface area contributed by atoms with E-state index >= 15 is 0 Å². The first kappa shape index (κ1) is 61.7. The molecule has 21 heterocycles. The van der Waals surface area contributed by atoms with Gasteiger partial charge in [0.25, 0.3) is 0 Å². The molecule has 14 bridgehead atoms. The zero-order valence-electron chi connectivity index (χ0n) is 40.3. The monoisotopic (exact) mass is 1130 g/mol. The summed E-state index contributed by atoms with van der Waals surface area (Å²) in [5.41, 5.74) is 0. The van der Waals surface area contributed by atoms with E-state index in [0.29, 0.717) is 0 Å². The van der Waals surface area contributed by atoms with E-state index in [1.54, 1.807) is 0 Å². The van der Waals surface area contributed by atoms with E-state index in [1.165, 1.54) is 0 Å². The van der Waals surface area contributed by atoms with Gasteiger partial charge in [-0.3, -0.25) is 0 Å². The lowest BCUT2D eigenvalue weighted by atomic mass is 9.95. The summed E-state index contributed by atoms with van der Waals surface area (Å²) in [5, 5.41) is 230. The van der Waals surface area contributed by atoms with E-state index in [-0.39, 0.29) is 0 Å². The van der Waals surface area contributed by atoms with Crippen molar-refractivity contribution in [1.82, 2.24) is 0 Å². The first-order valence-electron chi connectivity index (χ1n) is 24.6. The van der Waals surface area contributed by atoms with Crippen LogP contribution in [0.1, 0.15) is 0 Å². The molecule has 35 nitrogen and oxygen atoms in total. The quantitative estimate of drug-likeness (QED) is 0.113. The van der Waals surface area contributed by atoms with Crippen molar-refractivity contribution in [2.24, 2.45) is 0 Å². The maximum absolute atomic E-state index is 11.3. The van der Waals surface area contributed by atoms with Crippen LogP contribution in [0.3, 0.4) is 0 Å². The molecule has 0 aromatic rings. The van der Waals surface area contributed by atoms with Crippen molar-refractivity contribution in [3.05, 3.63) is 0 Å². The lowest BCUT2D eigenvalue weighted by Gasteiger charge is -2.50. The van der Waals surface area contributed by atoms with Gasteiger partial charge in [0.2, 0.25) is 0 Å². The molecule has 21 fully saturated rings. The lowest BCUT2D eigenvalue weighted by molar-refractivity contribution is -0.396. The fourth-order valence-corrected chi connectivity index (χ4v) is 10.4. The molecule has 21 saturated heterocycles. The van der Waals surface area contributed by atoms with Gasteiger partial charge in [0.1, 0.15) is 171 Å². The Labute approximate surface area is 434 Å². The van der Waals surface area contributed by atoms with Gasteiger partial charge in [-0.05, 0) is 0 Å². The first-order chi connectivity index (χ1) is 36.7. The number of aliphatic hydroxyl groups excluding tert-OH is 21. The van der Waals surface area contributed by atoms with E-state index in [0.717, 1.165) is 0 Å². The molecule has 21 rings (SSSR count). The minimum absolute atomic E-state index is 1.05. The molecule has 35 atom stereocenters. The van der Waals surface area contributed by atoms with Crippen LogP contribution in [0.15, 0.2) is 0 Å². The highest BCUT2D eigenvalue weighted by atomic mass is 16.8. The third-order valence-electron chi connectivity index (χ3n) is 14.8. The second-order valence-electron chi connectivity index (χ2n) is 19.7. The van der Waals surface area contributed by atoms with Gasteiger partial charge in [-0.2, -0.15) is 0 Å². The third kappa shape index (κ3) is 12.1. The molecular formula is C42H70O35. The fraction of sp³-hybridized carbons (Fsp3) is 1.00. The van der Waals surface area contributed by atoms with Crippen molar-refractivity contribution in [3.8, 4) is 0 Å². The van der Waals surface area contributed by atoms with E-state index in [9.17, 15) is 107 Å². The van der Waals surface area contributed by atoms with Crippen LogP contribution in [-0.4, -0.2) is 368 Å². The van der Waals surface area contributed by atoms with Crippen LogP contribution in [0.25, 0.3) is 0 Å². The average molecular weight is 1130 g/mol. The molecule has 0 saturated carbocycles. The van der Waals surface area contributed by atoms with Crippen LogP contribution in [-0.2, 0) is 66.3 Å². The highest BCUT2D eigenvalue weighted by molar-refractivity contribution is 5.01. The summed E-state index contributed by atoms with van der Waals surface area (Å²) < 4.78 is 79.5. The number of rotatable bonds is 7. The van der Waals surface area contributed by atoms with Crippen LogP contribution >= 0.6 is 0 Å². The largest absolute Gasteiger partial charge is 0.394 e. The van der Waals surface area contributed by atoms with E-state index in [2.05, 4.69) is 0 Å². The SMILES string of the molecule is OC[C@H]1O[C@@H]2O[C@H]3[C@@H](O)[C@H](O)[C@@H](O[C@H]4[C@H](O)[C@@H](O)[C@@H](O[C@H]5[C@@H](O)[C@H](O)[C@@H](O[C@H]6[C@H](O)[C@@H](O)[C@@H](O[C@H]7[C@@H](O)[C@H](O)[C@@H](O[C@H]8[C@@H](O)[C@H](O)[C@@H](O[C@H]1[C@H](O)[C@H]2O)O[C@@H]8CO)O[C@@H]7CO)O[C@@H]6CO)O[C@@H]5CO)O[C@@H]4CO)O[C@@H]3CO. The van der Waals surface area contributed by atoms with Crippen LogP contribution < -0.4 is 0 Å². The molecule has 0 unspecified atom stereocenters. The molecule has 0 aliphatic carbocycles. The predicted octanol–water partition coefficient (Wildman–Crippen LogP) is -15.2. The number of aliphatic hydroxyl groups is 21. The molecule has 0 spiro atoms. The second-order valence-corrected chi connectivity index (χ2v) is 19.7. The van der Waals surface area contributed by atoms with Crippen molar-refractivity contribution in [2.45, 2.75) is 215 Å². The summed E-state index contributed by atoms with van der Waals surface area (Å²) in [7, 11) is 0. The minimum Gasteiger partial charge on any atom is -0.394 e. The third-order valence-corrected chi connectivity index (χ3v) is 14.8. The van der Waals surface area contributed by atoms with Gasteiger partial charge in [0.15, 0.2) is 44.0 Å². The molecule has 77 heavy (non-hydrogen) atoms. The standard InChI is InChI=1S/C42H70O35/c43-1-8-29-15(50)22(57)36(64-8)72-30-9(2-44)66-38(24(59)17(30)52)74-32-11(4-46)68-40(26(61)19(32)54)76-34-13(6-48)70-42(28(63)21(34)56)77-35-14(7-49)69-41(27(62)20(35)55)75-33-12(5-47)67-39(25(60)18(33)53)73-31-10(3-45)65-37(71-29)23(58)16(31)51/h8-63H,1-7H2/t8-,9-,10-,11-,12-,13-,14-,15-,16+,17+,18-,19-,20+,21+,22-,23+,24+,25-,26-,27+,28+,29-,30-,31-,32-,33-,34-,35-,36-,37-,38-,39-,40-,41-,42-/m1/s1. The van der Waals surface area contributed by atoms with Gasteiger partial charge in [-0.25, -0.2) is 0 Å². The van der Waals surface area contributed by atoms with Gasteiger partial charge in [0.05, 0.1) is 46.2 Å². The Bertz CT molecular complexity index is 1470. The maximum Gasteiger partial charge on any atom is 0.187 e. The summed E-state index contributed by atoms with van der Waals surface area (Å²) in [6.07, 6.45) is -70.2. The Balaban J connectivity index is 1.08. The summed E-state index contributed by atoms with van der Waals surface area (Å²) in [6.45, 7) is -7.33. The Hall–Kier alpha value is -1.40. The van der Waals surface area contributed by atoms with Crippen LogP contribution in [0, 0.1) is 0 Å². The zero-order valence-corrected chi connectivity index (χ0v) is 40.3. The van der Waals surface area contributed by atoms with Gasteiger partial charge < -0.3 is 174 Å². The van der Waals surface area contributed by atoms with Crippen molar-refractivity contribution >= 4 is 0 Å². The van der Waals surface area contributed by atoms with Crippen LogP contribution in [0.2, 0.25) is 0 Å². The van der Waals surface area contributed by atoms with Crippen molar-refractivity contribution in [3.63, 3.8) is 0 Å². The smallest absolute Gasteiger partial charge is 0.187 e. The molecule has 0 radical (unpaired) electrons. The number of hydrogen-bond acceptors (Lipinski definition) is 35. The van der Waals surface area contributed by atoms with E-state index in [1.807, 2.05) is 0 Å². The Morgan fingerprint density at radius 3 is 0.351 bits per heavy atom. The molecule has 0 aromatic heterocycles. The number of hydrogen-bond donors (Lipinski definition) is 21. The second kappa shape index (κ2) is 26.0. The summed E-state index contributed by atoms with van der Waals surface area (Å²) >= 11 is 0. The van der Waals surface area contributed by atoms with Gasteiger partial charge in [-0.1, -0.05) is 0 Å². The summed E-state index contributed by atoms with van der Waals surface area (Å²) in [6, 6.07) is 0. The van der Waals surface area contributed by atoms with E-state index < -0.39 is 261 Å². The highest BCUT2D eigenvalue weighted by Gasteiger charge is 2.59. The Morgan fingerprint density at radius 2 is 0.260 bits per heavy atom. The molecule has 0 aromatic carbocycles. The molecule has 21 N–H and O–H groups in total. The van der Waals surface area contributed by atoms with E-state index in [4.69, 9.17) is 66.3 Å². The van der Waals surface area contributed by atoms with Crippen molar-refractivity contribution < 1.29 is 174 Å². The van der Waals surface area contributed by atoms with Gasteiger partial charge in [0, 0.05) is 0 Å². The number of ether oxygens (including phenoxy) is 14. The normalized spacial score (nSPS) is 55.4. The van der Waals surface area contributed by atoms with Crippen LogP contribution in [0.5, 0.6) is 0 Å². The maximum atomic E-state index is 11.3. The van der Waals surface area contributed by atoms with Gasteiger partial charge in [-0.15, -0.1) is 0 Å². The minimum atomic E-state index is -2.21. The fourth-order valence-electron chi connectivity index (χ4n) is 10.4. The predicted molar refractivity (Wildman–Crippen MR) is 228 cm³/mol.